The summed E-state index contributed by atoms with van der Waals surface area (Å²) in [5, 5.41) is 25.0. The SMILES string of the molecule is CC(C)(C)C1=CC(=C2c3ccc([nH]3)C(=C3C=C(C(C)(C)C)C(=O)C(C(C)(C)C)=C3)c3ccc(n3Cc3ccc(C(=O)[O-])cc3)C(=C3C=C(C(C)(C)C)C(=O)C(C(C)(C)C)=C3)c3ccc([nH]3)C(=C3C=C(C(C)(C)C)C(=O)C(C(C)(C)C)=C3)c3ccc2n3Cc2ccc(C(=O)[O-])cc2)C=C(C(C)(C)C)C1=O. The zero-order chi connectivity index (χ0) is 76.6. The van der Waals surface area contributed by atoms with Gasteiger partial charge in [0.05, 0.1) is 34.7 Å². The van der Waals surface area contributed by atoms with Gasteiger partial charge in [-0.1, -0.05) is 215 Å². The topological polar surface area (TPSA) is 190 Å². The molecule has 0 atom stereocenters. The molecule has 0 fully saturated rings. The number of carboxylic acids is 2. The molecule has 8 bridgehead atoms. The van der Waals surface area contributed by atoms with Crippen LogP contribution in [0.25, 0.3) is 22.3 Å². The third kappa shape index (κ3) is 14.4. The fourth-order valence-corrected chi connectivity index (χ4v) is 14.7. The summed E-state index contributed by atoms with van der Waals surface area (Å²) < 4.78 is 4.52. The minimum Gasteiger partial charge on any atom is -0.545 e. The molecular weight excluding hydrogens is 1290 g/mol. The molecule has 11 rings (SSSR count). The number of carbonyl (C=O) groups excluding carboxylic acids is 6. The molecule has 5 heterocycles. The van der Waals surface area contributed by atoms with Crippen LogP contribution in [0.2, 0.25) is 0 Å². The number of nitrogens with one attached hydrogen (secondary N) is 2. The Balaban J connectivity index is 1.44. The first-order chi connectivity index (χ1) is 47.9. The Morgan fingerprint density at radius 1 is 0.279 bits per heavy atom. The molecule has 4 aromatic heterocycles. The zero-order valence-electron chi connectivity index (χ0n) is 65.4. The van der Waals surface area contributed by atoms with E-state index in [1.807, 2.05) is 72.9 Å². The molecule has 12 nitrogen and oxygen atoms in total. The average Bonchev–Trinajstić information content (AvgIpc) is 1.54. The Kier molecular flexibility index (Phi) is 18.8. The number of allylic oxidation sites excluding steroid dienone is 20. The van der Waals surface area contributed by atoms with Crippen molar-refractivity contribution in [3.8, 4) is 0 Å². The van der Waals surface area contributed by atoms with E-state index in [2.05, 4.69) is 234 Å². The maximum atomic E-state index is 15.2. The highest BCUT2D eigenvalue weighted by molar-refractivity contribution is 6.16. The summed E-state index contributed by atoms with van der Waals surface area (Å²) in [6.07, 6.45) is 16.3. The standard InChI is InChI=1S/C92H104N4O8/c1-85(2,3)59-41-55(42-60(79(59)97)86(4,5)6)75-67-33-34-68(93-67)76(56-43-61(87(7,8)9)80(98)62(44-56)88(10,11)12)73-39-40-74(96(73)50-52-27-31-54(32-28-52)84(103)104)78(58-47-65(91(19,20)21)82(100)66(48-58)92(22,23)24)70-36-35-69(94-70)77(57-45-63(89(13,14)15)81(99)64(46-57)90(16,17)18)72-38-37-71(75)95(72)49-51-25-29-53(30-26-51)83(101)102/h25-48,93-94H,49-50H2,1-24H3,(H,101,102)(H,103,104)/p-2. The van der Waals surface area contributed by atoms with Crippen LogP contribution in [0.1, 0.15) is 244 Å². The van der Waals surface area contributed by atoms with Gasteiger partial charge in [0, 0.05) is 103 Å². The summed E-state index contributed by atoms with van der Waals surface area (Å²) >= 11 is 0. The van der Waals surface area contributed by atoms with Gasteiger partial charge in [-0.05, 0) is 185 Å². The van der Waals surface area contributed by atoms with E-state index in [1.54, 1.807) is 24.3 Å². The molecule has 0 spiro atoms. The van der Waals surface area contributed by atoms with Crippen molar-refractivity contribution in [1.82, 2.24) is 19.1 Å². The number of ketones is 4. The van der Waals surface area contributed by atoms with Crippen molar-refractivity contribution >= 4 is 57.4 Å². The normalized spacial score (nSPS) is 17.1. The largest absolute Gasteiger partial charge is 0.545 e. The van der Waals surface area contributed by atoms with Gasteiger partial charge in [-0.15, -0.1) is 0 Å². The third-order valence-corrected chi connectivity index (χ3v) is 20.5. The van der Waals surface area contributed by atoms with Crippen LogP contribution >= 0.6 is 0 Å². The number of fused-ring (bicyclic) bond motifs is 8. The summed E-state index contributed by atoms with van der Waals surface area (Å²) in [5.41, 5.74) is 13.4. The van der Waals surface area contributed by atoms with E-state index >= 15 is 19.2 Å². The number of hydrogen-bond acceptors (Lipinski definition) is 8. The molecule has 1 aliphatic heterocycles. The van der Waals surface area contributed by atoms with Crippen molar-refractivity contribution in [3.63, 3.8) is 0 Å². The summed E-state index contributed by atoms with van der Waals surface area (Å²) in [7, 11) is 0. The minimum atomic E-state index is -1.30. The van der Waals surface area contributed by atoms with E-state index in [-0.39, 0.29) is 47.3 Å². The van der Waals surface area contributed by atoms with E-state index < -0.39 is 55.3 Å². The maximum absolute atomic E-state index is 15.2. The van der Waals surface area contributed by atoms with E-state index in [1.165, 1.54) is 0 Å². The van der Waals surface area contributed by atoms with Gasteiger partial charge in [0.1, 0.15) is 0 Å². The van der Waals surface area contributed by atoms with Crippen LogP contribution in [0.5, 0.6) is 0 Å². The highest BCUT2D eigenvalue weighted by Gasteiger charge is 2.42. The molecular formula is C92H102N4O8-2. The number of Topliss-reactive ketones (excluding diaryl/α,β-unsaturated/α-hetero) is 4. The molecule has 5 aliphatic rings. The predicted molar refractivity (Wildman–Crippen MR) is 415 cm³/mol. The Labute approximate surface area is 615 Å². The van der Waals surface area contributed by atoms with Gasteiger partial charge < -0.3 is 38.9 Å². The molecule has 104 heavy (non-hydrogen) atoms. The Morgan fingerprint density at radius 3 is 0.606 bits per heavy atom. The van der Waals surface area contributed by atoms with Crippen LogP contribution in [0.3, 0.4) is 0 Å². The van der Waals surface area contributed by atoms with Crippen LogP contribution in [-0.2, 0) is 32.3 Å². The lowest BCUT2D eigenvalue weighted by atomic mass is 9.71. The van der Waals surface area contributed by atoms with Gasteiger partial charge in [0.15, 0.2) is 23.1 Å². The number of carbonyl (C=O) groups is 6. The van der Waals surface area contributed by atoms with Crippen molar-refractivity contribution in [3.05, 3.63) is 280 Å². The Hall–Kier alpha value is -9.94. The van der Waals surface area contributed by atoms with Gasteiger partial charge in [-0.2, -0.15) is 0 Å². The predicted octanol–water partition coefficient (Wildman–Crippen LogP) is 18.4. The van der Waals surface area contributed by atoms with Crippen molar-refractivity contribution < 1.29 is 39.0 Å². The van der Waals surface area contributed by atoms with Gasteiger partial charge in [0.25, 0.3) is 0 Å². The summed E-state index contributed by atoms with van der Waals surface area (Å²) in [5.74, 6) is -2.77. The first-order valence-corrected chi connectivity index (χ1v) is 36.3. The monoisotopic (exact) mass is 1390 g/mol. The molecule has 0 radical (unpaired) electrons. The van der Waals surface area contributed by atoms with E-state index in [4.69, 9.17) is 0 Å². The van der Waals surface area contributed by atoms with Crippen LogP contribution in [0.4, 0.5) is 0 Å². The van der Waals surface area contributed by atoms with Gasteiger partial charge >= 0.3 is 0 Å². The molecule has 0 amide bonds. The minimum absolute atomic E-state index is 0.0264. The lowest BCUT2D eigenvalue weighted by Crippen LogP contribution is -2.28. The van der Waals surface area contributed by atoms with Gasteiger partial charge in [-0.3, -0.25) is 19.2 Å². The third-order valence-electron chi connectivity index (χ3n) is 20.5. The average molecular weight is 1390 g/mol. The number of benzene rings is 2. The fourth-order valence-electron chi connectivity index (χ4n) is 14.7. The quantitative estimate of drug-likeness (QED) is 0.164. The lowest BCUT2D eigenvalue weighted by Gasteiger charge is -2.32. The first kappa shape index (κ1) is 75.2. The number of H-pyrrole nitrogens is 2. The van der Waals surface area contributed by atoms with Gasteiger partial charge in [-0.25, -0.2) is 0 Å². The Morgan fingerprint density at radius 2 is 0.452 bits per heavy atom. The second-order valence-electron chi connectivity index (χ2n) is 37.0. The molecule has 0 saturated carbocycles. The molecule has 540 valence electrons. The summed E-state index contributed by atoms with van der Waals surface area (Å²) in [4.78, 5) is 94.0. The van der Waals surface area contributed by atoms with Crippen molar-refractivity contribution in [2.24, 2.45) is 43.3 Å². The van der Waals surface area contributed by atoms with Crippen molar-refractivity contribution in [2.45, 2.75) is 179 Å². The second kappa shape index (κ2) is 26.0. The lowest BCUT2D eigenvalue weighted by molar-refractivity contribution is -0.256. The highest BCUT2D eigenvalue weighted by atomic mass is 16.4. The maximum Gasteiger partial charge on any atom is 0.186 e. The summed E-state index contributed by atoms with van der Waals surface area (Å²) in [6, 6.07) is 30.3. The van der Waals surface area contributed by atoms with E-state index in [0.29, 0.717) is 67.4 Å². The van der Waals surface area contributed by atoms with E-state index in [0.717, 1.165) is 78.5 Å². The highest BCUT2D eigenvalue weighted by Crippen LogP contribution is 2.50. The molecule has 2 N–H and O–H groups in total. The number of nitrogens with zero attached hydrogens (tertiary/aromatic N) is 2. The van der Waals surface area contributed by atoms with Crippen LogP contribution in [-0.4, -0.2) is 54.2 Å². The van der Waals surface area contributed by atoms with Gasteiger partial charge in [0.2, 0.25) is 0 Å². The fraction of sp³-hybridized carbons (Fsp3) is 0.370. The number of aromatic carboxylic acids is 2. The zero-order valence-corrected chi connectivity index (χ0v) is 65.4. The number of aromatic amines is 2. The molecule has 4 aliphatic carbocycles. The molecule has 0 saturated heterocycles. The number of aromatic nitrogens is 4. The Bertz CT molecular complexity index is 4370. The number of rotatable bonds is 6. The van der Waals surface area contributed by atoms with Crippen molar-refractivity contribution in [2.75, 3.05) is 0 Å². The van der Waals surface area contributed by atoms with Crippen LogP contribution in [0.15, 0.2) is 213 Å². The first-order valence-electron chi connectivity index (χ1n) is 36.3. The smallest absolute Gasteiger partial charge is 0.186 e. The number of carboxylic acid groups (broad SMARTS) is 2. The molecule has 0 unspecified atom stereocenters. The van der Waals surface area contributed by atoms with Crippen LogP contribution in [0, 0.1) is 43.3 Å². The molecule has 12 heteroatoms. The number of hydrogen-bond donors (Lipinski definition) is 2. The molecule has 2 aromatic carbocycles. The summed E-state index contributed by atoms with van der Waals surface area (Å²) in [6.45, 7) is 49.9. The molecule has 6 aromatic rings. The van der Waals surface area contributed by atoms with E-state index in [9.17, 15) is 19.8 Å². The second-order valence-corrected chi connectivity index (χ2v) is 37.0. The van der Waals surface area contributed by atoms with Crippen LogP contribution < -0.4 is 10.2 Å². The van der Waals surface area contributed by atoms with Crippen molar-refractivity contribution in [1.29, 1.82) is 0 Å².